The van der Waals surface area contributed by atoms with E-state index in [0.717, 1.165) is 25.3 Å². The van der Waals surface area contributed by atoms with Gasteiger partial charge in [-0.3, -0.25) is 9.69 Å². The normalized spacial score (nSPS) is 20.7. The van der Waals surface area contributed by atoms with Crippen molar-refractivity contribution in [2.75, 3.05) is 13.7 Å². The van der Waals surface area contributed by atoms with Crippen molar-refractivity contribution in [1.29, 1.82) is 0 Å². The van der Waals surface area contributed by atoms with Gasteiger partial charge in [0.25, 0.3) is 0 Å². The molecule has 0 radical (unpaired) electrons. The summed E-state index contributed by atoms with van der Waals surface area (Å²) in [7, 11) is 1.67. The summed E-state index contributed by atoms with van der Waals surface area (Å²) in [4.78, 5) is 13.9. The maximum absolute atomic E-state index is 11.6. The molecule has 0 aliphatic carbocycles. The predicted octanol–water partition coefficient (Wildman–Crippen LogP) is 2.64. The zero-order valence-electron chi connectivity index (χ0n) is 11.2. The maximum Gasteiger partial charge on any atom is 0.146 e. The van der Waals surface area contributed by atoms with Crippen molar-refractivity contribution in [3.05, 3.63) is 29.8 Å². The van der Waals surface area contributed by atoms with Gasteiger partial charge < -0.3 is 4.74 Å². The molecule has 1 atom stereocenters. The van der Waals surface area contributed by atoms with Crippen molar-refractivity contribution in [1.82, 2.24) is 4.90 Å². The van der Waals surface area contributed by atoms with Gasteiger partial charge in [-0.25, -0.2) is 0 Å². The van der Waals surface area contributed by atoms with Crippen LogP contribution >= 0.6 is 0 Å². The Morgan fingerprint density at radius 2 is 2.06 bits per heavy atom. The molecule has 1 aliphatic rings. The van der Waals surface area contributed by atoms with Crippen LogP contribution in [-0.4, -0.2) is 30.4 Å². The Morgan fingerprint density at radius 1 is 1.33 bits per heavy atom. The van der Waals surface area contributed by atoms with Gasteiger partial charge in [0.1, 0.15) is 11.5 Å². The van der Waals surface area contributed by atoms with E-state index in [-0.39, 0.29) is 6.04 Å². The van der Waals surface area contributed by atoms with E-state index < -0.39 is 0 Å². The van der Waals surface area contributed by atoms with Crippen molar-refractivity contribution in [2.45, 2.75) is 38.8 Å². The van der Waals surface area contributed by atoms with E-state index >= 15 is 0 Å². The number of hydrogen-bond acceptors (Lipinski definition) is 3. The first-order valence-electron chi connectivity index (χ1n) is 6.58. The van der Waals surface area contributed by atoms with Crippen molar-refractivity contribution >= 4 is 5.78 Å². The molecule has 2 rings (SSSR count). The predicted molar refractivity (Wildman–Crippen MR) is 71.7 cm³/mol. The van der Waals surface area contributed by atoms with Crippen LogP contribution in [-0.2, 0) is 11.3 Å². The summed E-state index contributed by atoms with van der Waals surface area (Å²) in [5.74, 6) is 1.17. The second-order valence-electron chi connectivity index (χ2n) is 4.94. The lowest BCUT2D eigenvalue weighted by Crippen LogP contribution is -2.43. The average molecular weight is 247 g/mol. The smallest absolute Gasteiger partial charge is 0.146 e. The number of methoxy groups -OCH3 is 1. The van der Waals surface area contributed by atoms with Crippen molar-refractivity contribution < 1.29 is 9.53 Å². The Balaban J connectivity index is 2.03. The van der Waals surface area contributed by atoms with Crippen LogP contribution in [0, 0.1) is 0 Å². The van der Waals surface area contributed by atoms with Gasteiger partial charge in [0.2, 0.25) is 0 Å². The molecule has 1 unspecified atom stereocenters. The molecule has 1 aliphatic heterocycles. The number of ether oxygens (including phenoxy) is 1. The van der Waals surface area contributed by atoms with Crippen LogP contribution in [0.15, 0.2) is 24.3 Å². The molecule has 0 bridgehead atoms. The standard InChI is InChI=1S/C15H21NO2/c1-12(17)15-5-3-4-10-16(15)11-13-6-8-14(18-2)9-7-13/h6-9,15H,3-5,10-11H2,1-2H3. The molecular weight excluding hydrogens is 226 g/mol. The Morgan fingerprint density at radius 3 is 2.67 bits per heavy atom. The Bertz CT molecular complexity index is 399. The van der Waals surface area contributed by atoms with Crippen molar-refractivity contribution in [3.63, 3.8) is 0 Å². The van der Waals surface area contributed by atoms with E-state index in [4.69, 9.17) is 4.74 Å². The van der Waals surface area contributed by atoms with Crippen molar-refractivity contribution in [3.8, 4) is 5.75 Å². The summed E-state index contributed by atoms with van der Waals surface area (Å²) in [6.07, 6.45) is 3.37. The number of piperidine rings is 1. The molecule has 0 spiro atoms. The van der Waals surface area contributed by atoms with Crippen molar-refractivity contribution in [2.24, 2.45) is 0 Å². The third-order valence-corrected chi connectivity index (χ3v) is 3.63. The number of Topliss-reactive ketones (excluding diaryl/α,β-unsaturated/α-hetero) is 1. The molecule has 1 heterocycles. The number of hydrogen-bond donors (Lipinski definition) is 0. The number of benzene rings is 1. The summed E-state index contributed by atoms with van der Waals surface area (Å²) >= 11 is 0. The van der Waals surface area contributed by atoms with E-state index in [0.29, 0.717) is 5.78 Å². The van der Waals surface area contributed by atoms with Gasteiger partial charge in [0, 0.05) is 6.54 Å². The molecule has 0 N–H and O–H groups in total. The number of ketones is 1. The number of likely N-dealkylation sites (tertiary alicyclic amines) is 1. The summed E-state index contributed by atoms with van der Waals surface area (Å²) in [6.45, 7) is 3.58. The van der Waals surface area contributed by atoms with Crippen LogP contribution in [0.1, 0.15) is 31.7 Å². The highest BCUT2D eigenvalue weighted by atomic mass is 16.5. The van der Waals surface area contributed by atoms with E-state index in [1.807, 2.05) is 12.1 Å². The molecule has 1 aromatic carbocycles. The number of carbonyl (C=O) groups is 1. The molecule has 98 valence electrons. The van der Waals surface area contributed by atoms with Gasteiger partial charge in [-0.2, -0.15) is 0 Å². The SMILES string of the molecule is COc1ccc(CN2CCCCC2C(C)=O)cc1. The fourth-order valence-electron chi connectivity index (χ4n) is 2.61. The van der Waals surface area contributed by atoms with E-state index in [1.54, 1.807) is 14.0 Å². The summed E-state index contributed by atoms with van der Waals surface area (Å²) in [5, 5.41) is 0. The minimum atomic E-state index is 0.112. The molecular formula is C15H21NO2. The highest BCUT2D eigenvalue weighted by Crippen LogP contribution is 2.21. The Labute approximate surface area is 109 Å². The zero-order chi connectivity index (χ0) is 13.0. The van der Waals surface area contributed by atoms with E-state index in [9.17, 15) is 4.79 Å². The van der Waals surface area contributed by atoms with Crippen LogP contribution < -0.4 is 4.74 Å². The molecule has 3 heteroatoms. The lowest BCUT2D eigenvalue weighted by atomic mass is 9.98. The third-order valence-electron chi connectivity index (χ3n) is 3.63. The fraction of sp³-hybridized carbons (Fsp3) is 0.533. The first-order valence-corrected chi connectivity index (χ1v) is 6.58. The Hall–Kier alpha value is -1.35. The van der Waals surface area contributed by atoms with Crippen LogP contribution in [0.25, 0.3) is 0 Å². The minimum absolute atomic E-state index is 0.112. The van der Waals surface area contributed by atoms with Gasteiger partial charge in [-0.15, -0.1) is 0 Å². The number of nitrogens with zero attached hydrogens (tertiary/aromatic N) is 1. The van der Waals surface area contributed by atoms with E-state index in [1.165, 1.54) is 18.4 Å². The van der Waals surface area contributed by atoms with Crippen LogP contribution in [0.4, 0.5) is 0 Å². The fourth-order valence-corrected chi connectivity index (χ4v) is 2.61. The maximum atomic E-state index is 11.6. The van der Waals surface area contributed by atoms with Crippen LogP contribution in [0.5, 0.6) is 5.75 Å². The molecule has 1 aromatic rings. The Kier molecular flexibility index (Phi) is 4.37. The largest absolute Gasteiger partial charge is 0.497 e. The molecule has 0 saturated carbocycles. The minimum Gasteiger partial charge on any atom is -0.497 e. The average Bonchev–Trinajstić information content (AvgIpc) is 2.40. The third kappa shape index (κ3) is 3.10. The monoisotopic (exact) mass is 247 g/mol. The molecule has 3 nitrogen and oxygen atoms in total. The highest BCUT2D eigenvalue weighted by Gasteiger charge is 2.25. The second-order valence-corrected chi connectivity index (χ2v) is 4.94. The molecule has 1 saturated heterocycles. The van der Waals surface area contributed by atoms with Gasteiger partial charge in [-0.1, -0.05) is 18.6 Å². The number of carbonyl (C=O) groups excluding carboxylic acids is 1. The first-order chi connectivity index (χ1) is 8.70. The molecule has 18 heavy (non-hydrogen) atoms. The topological polar surface area (TPSA) is 29.5 Å². The zero-order valence-corrected chi connectivity index (χ0v) is 11.2. The summed E-state index contributed by atoms with van der Waals surface area (Å²) < 4.78 is 5.15. The number of rotatable bonds is 4. The second kappa shape index (κ2) is 6.01. The van der Waals surface area contributed by atoms with Gasteiger partial charge in [-0.05, 0) is 44.0 Å². The molecule has 0 amide bonds. The van der Waals surface area contributed by atoms with Crippen LogP contribution in [0.3, 0.4) is 0 Å². The lowest BCUT2D eigenvalue weighted by Gasteiger charge is -2.34. The summed E-state index contributed by atoms with van der Waals surface area (Å²) in [6, 6.07) is 8.21. The highest BCUT2D eigenvalue weighted by molar-refractivity contribution is 5.81. The van der Waals surface area contributed by atoms with Gasteiger partial charge in [0.15, 0.2) is 0 Å². The van der Waals surface area contributed by atoms with Crippen LogP contribution in [0.2, 0.25) is 0 Å². The lowest BCUT2D eigenvalue weighted by molar-refractivity contribution is -0.123. The molecule has 1 fully saturated rings. The van der Waals surface area contributed by atoms with Gasteiger partial charge >= 0.3 is 0 Å². The first kappa shape index (κ1) is 13.1. The molecule has 0 aromatic heterocycles. The van der Waals surface area contributed by atoms with Gasteiger partial charge in [0.05, 0.1) is 13.2 Å². The summed E-state index contributed by atoms with van der Waals surface area (Å²) in [5.41, 5.74) is 1.24. The quantitative estimate of drug-likeness (QED) is 0.819. The van der Waals surface area contributed by atoms with E-state index in [2.05, 4.69) is 17.0 Å².